The van der Waals surface area contributed by atoms with Gasteiger partial charge in [0.25, 0.3) is 0 Å². The molecule has 2 unspecified atom stereocenters. The first kappa shape index (κ1) is 30.5. The molecule has 5 heteroatoms. The SMILES string of the molecule is CCOC(Cc1ccc(OCCN(C)C2c3ccc(C)cc3CCc3cc(CCc4ccccc4)ccc32)cc1)C(=O)O. The zero-order valence-electron chi connectivity index (χ0n) is 25.6. The van der Waals surface area contributed by atoms with Crippen molar-refractivity contribution in [1.29, 1.82) is 0 Å². The van der Waals surface area contributed by atoms with Crippen LogP contribution in [-0.4, -0.2) is 48.9 Å². The smallest absolute Gasteiger partial charge is 0.333 e. The molecular formula is C38H43NO4. The summed E-state index contributed by atoms with van der Waals surface area (Å²) in [7, 11) is 2.19. The van der Waals surface area contributed by atoms with Crippen molar-refractivity contribution in [2.24, 2.45) is 0 Å². The molecule has 0 heterocycles. The third kappa shape index (κ3) is 7.92. The molecule has 1 aliphatic carbocycles. The Bertz CT molecular complexity index is 1500. The largest absolute Gasteiger partial charge is 0.492 e. The summed E-state index contributed by atoms with van der Waals surface area (Å²) in [5.41, 5.74) is 10.6. The van der Waals surface area contributed by atoms with E-state index in [2.05, 4.69) is 85.6 Å². The highest BCUT2D eigenvalue weighted by Gasteiger charge is 2.27. The molecule has 0 radical (unpaired) electrons. The Hall–Kier alpha value is -3.93. The molecule has 0 spiro atoms. The molecule has 0 aliphatic heterocycles. The van der Waals surface area contributed by atoms with Crippen LogP contribution in [0.1, 0.15) is 57.5 Å². The minimum Gasteiger partial charge on any atom is -0.492 e. The van der Waals surface area contributed by atoms with E-state index in [-0.39, 0.29) is 6.04 Å². The number of rotatable bonds is 13. The molecule has 4 aromatic rings. The number of carboxylic acids is 1. The molecule has 0 bridgehead atoms. The fourth-order valence-electron chi connectivity index (χ4n) is 6.15. The summed E-state index contributed by atoms with van der Waals surface area (Å²) in [6.45, 7) is 5.67. The maximum absolute atomic E-state index is 11.4. The van der Waals surface area contributed by atoms with Gasteiger partial charge in [0.15, 0.2) is 6.10 Å². The normalized spacial score (nSPS) is 14.9. The minimum absolute atomic E-state index is 0.161. The quantitative estimate of drug-likeness (QED) is 0.185. The van der Waals surface area contributed by atoms with Gasteiger partial charge in [-0.3, -0.25) is 4.90 Å². The van der Waals surface area contributed by atoms with Gasteiger partial charge in [0.05, 0.1) is 6.04 Å². The Morgan fingerprint density at radius 1 is 0.860 bits per heavy atom. The molecule has 0 fully saturated rings. The van der Waals surface area contributed by atoms with Crippen molar-refractivity contribution in [3.8, 4) is 5.75 Å². The highest BCUT2D eigenvalue weighted by atomic mass is 16.5. The second-order valence-electron chi connectivity index (χ2n) is 11.6. The molecule has 0 saturated carbocycles. The van der Waals surface area contributed by atoms with E-state index in [1.54, 1.807) is 0 Å². The standard InChI is InChI=1S/C38H43NO4/c1-4-42-36(38(40)41)26-30-13-18-33(19-14-30)43-23-22-39(3)37-34-20-10-27(2)24-31(34)16-17-32-25-29(15-21-35(32)37)12-11-28-8-6-5-7-9-28/h5-10,13-15,18-21,24-25,36-37H,4,11-12,16-17,22-23,26H2,1-3H3,(H,40,41). The van der Waals surface area contributed by atoms with Gasteiger partial charge in [-0.1, -0.05) is 84.4 Å². The number of ether oxygens (including phenoxy) is 2. The first-order valence-electron chi connectivity index (χ1n) is 15.4. The number of nitrogens with zero attached hydrogens (tertiary/aromatic N) is 1. The third-order valence-corrected chi connectivity index (χ3v) is 8.45. The van der Waals surface area contributed by atoms with Crippen molar-refractivity contribution < 1.29 is 19.4 Å². The molecule has 1 aliphatic rings. The molecule has 2 atom stereocenters. The molecular weight excluding hydrogens is 534 g/mol. The predicted octanol–water partition coefficient (Wildman–Crippen LogP) is 7.01. The number of benzene rings is 4. The van der Waals surface area contributed by atoms with Crippen LogP contribution < -0.4 is 4.74 Å². The van der Waals surface area contributed by atoms with Crippen LogP contribution in [0, 0.1) is 6.92 Å². The lowest BCUT2D eigenvalue weighted by atomic mass is 9.91. The summed E-state index contributed by atoms with van der Waals surface area (Å²) >= 11 is 0. The fourth-order valence-corrected chi connectivity index (χ4v) is 6.15. The van der Waals surface area contributed by atoms with Gasteiger partial charge in [-0.25, -0.2) is 4.79 Å². The van der Waals surface area contributed by atoms with Crippen LogP contribution in [0.25, 0.3) is 0 Å². The molecule has 0 amide bonds. The second kappa shape index (κ2) is 14.5. The summed E-state index contributed by atoms with van der Waals surface area (Å²) in [5.74, 6) is -0.161. The van der Waals surface area contributed by atoms with E-state index in [0.717, 1.165) is 43.5 Å². The first-order chi connectivity index (χ1) is 20.9. The maximum atomic E-state index is 11.4. The van der Waals surface area contributed by atoms with E-state index in [1.165, 1.54) is 38.9 Å². The van der Waals surface area contributed by atoms with Gasteiger partial charge >= 0.3 is 5.97 Å². The topological polar surface area (TPSA) is 59.0 Å². The van der Waals surface area contributed by atoms with Gasteiger partial charge in [0.2, 0.25) is 0 Å². The van der Waals surface area contributed by atoms with Crippen molar-refractivity contribution in [1.82, 2.24) is 4.90 Å². The lowest BCUT2D eigenvalue weighted by Gasteiger charge is -2.30. The van der Waals surface area contributed by atoms with Crippen molar-refractivity contribution in [2.45, 2.75) is 58.1 Å². The van der Waals surface area contributed by atoms with Gasteiger partial charge in [0.1, 0.15) is 12.4 Å². The van der Waals surface area contributed by atoms with Crippen LogP contribution in [0.5, 0.6) is 5.75 Å². The number of carboxylic acid groups (broad SMARTS) is 1. The van der Waals surface area contributed by atoms with Crippen molar-refractivity contribution in [3.05, 3.63) is 136 Å². The number of fused-ring (bicyclic) bond motifs is 2. The number of aryl methyl sites for hydroxylation is 5. The average molecular weight is 578 g/mol. The lowest BCUT2D eigenvalue weighted by molar-refractivity contribution is -0.149. The van der Waals surface area contributed by atoms with Gasteiger partial charge in [0, 0.05) is 19.6 Å². The molecule has 43 heavy (non-hydrogen) atoms. The van der Waals surface area contributed by atoms with Crippen LogP contribution in [0.4, 0.5) is 0 Å². The van der Waals surface area contributed by atoms with Crippen LogP contribution in [0.2, 0.25) is 0 Å². The second-order valence-corrected chi connectivity index (χ2v) is 11.6. The van der Waals surface area contributed by atoms with Gasteiger partial charge < -0.3 is 14.6 Å². The molecule has 0 aromatic heterocycles. The molecule has 0 saturated heterocycles. The Kier molecular flexibility index (Phi) is 10.3. The van der Waals surface area contributed by atoms with E-state index in [0.29, 0.717) is 19.6 Å². The summed E-state index contributed by atoms with van der Waals surface area (Å²) in [4.78, 5) is 13.8. The highest BCUT2D eigenvalue weighted by Crippen LogP contribution is 2.37. The monoisotopic (exact) mass is 577 g/mol. The predicted molar refractivity (Wildman–Crippen MR) is 172 cm³/mol. The van der Waals surface area contributed by atoms with Crippen molar-refractivity contribution >= 4 is 5.97 Å². The lowest BCUT2D eigenvalue weighted by Crippen LogP contribution is -2.30. The van der Waals surface area contributed by atoms with Crippen molar-refractivity contribution in [3.63, 3.8) is 0 Å². The Morgan fingerprint density at radius 3 is 2.21 bits per heavy atom. The summed E-state index contributed by atoms with van der Waals surface area (Å²) < 4.78 is 11.5. The Balaban J connectivity index is 1.27. The Morgan fingerprint density at radius 2 is 1.51 bits per heavy atom. The Labute approximate surface area is 256 Å². The highest BCUT2D eigenvalue weighted by molar-refractivity contribution is 5.72. The van der Waals surface area contributed by atoms with E-state index in [1.807, 2.05) is 31.2 Å². The van der Waals surface area contributed by atoms with E-state index < -0.39 is 12.1 Å². The van der Waals surface area contributed by atoms with Crippen LogP contribution >= 0.6 is 0 Å². The summed E-state index contributed by atoms with van der Waals surface area (Å²) in [6.07, 6.45) is 3.68. The zero-order valence-corrected chi connectivity index (χ0v) is 25.6. The number of hydrogen-bond donors (Lipinski definition) is 1. The van der Waals surface area contributed by atoms with E-state index in [4.69, 9.17) is 9.47 Å². The van der Waals surface area contributed by atoms with Crippen LogP contribution in [0.3, 0.4) is 0 Å². The first-order valence-corrected chi connectivity index (χ1v) is 15.4. The molecule has 224 valence electrons. The van der Waals surface area contributed by atoms with Gasteiger partial charge in [-0.2, -0.15) is 0 Å². The molecule has 1 N–H and O–H groups in total. The van der Waals surface area contributed by atoms with Gasteiger partial charge in [-0.05, 0) is 97.7 Å². The minimum atomic E-state index is -0.939. The number of aliphatic carboxylic acids is 1. The summed E-state index contributed by atoms with van der Waals surface area (Å²) in [6, 6.07) is 32.6. The van der Waals surface area contributed by atoms with Crippen LogP contribution in [0.15, 0.2) is 91.0 Å². The maximum Gasteiger partial charge on any atom is 0.333 e. The average Bonchev–Trinajstić information content (AvgIpc) is 3.17. The molecule has 4 aromatic carbocycles. The number of carbonyl (C=O) groups is 1. The van der Waals surface area contributed by atoms with E-state index >= 15 is 0 Å². The summed E-state index contributed by atoms with van der Waals surface area (Å²) in [5, 5.41) is 9.38. The van der Waals surface area contributed by atoms with Crippen molar-refractivity contribution in [2.75, 3.05) is 26.8 Å². The van der Waals surface area contributed by atoms with Crippen LogP contribution in [-0.2, 0) is 41.6 Å². The third-order valence-electron chi connectivity index (χ3n) is 8.45. The van der Waals surface area contributed by atoms with Gasteiger partial charge in [-0.15, -0.1) is 0 Å². The molecule has 5 rings (SSSR count). The zero-order chi connectivity index (χ0) is 30.2. The number of likely N-dealkylation sites (N-methyl/N-ethyl adjacent to an activating group) is 1. The molecule has 5 nitrogen and oxygen atoms in total. The van der Waals surface area contributed by atoms with E-state index in [9.17, 15) is 9.90 Å². The number of hydrogen-bond acceptors (Lipinski definition) is 4. The fraction of sp³-hybridized carbons (Fsp3) is 0.342.